The predicted octanol–water partition coefficient (Wildman–Crippen LogP) is 2.33. The first-order chi connectivity index (χ1) is 9.49. The van der Waals surface area contributed by atoms with Crippen LogP contribution < -0.4 is 5.32 Å². The molecule has 7 nitrogen and oxygen atoms in total. The van der Waals surface area contributed by atoms with E-state index in [1.165, 1.54) is 19.2 Å². The second-order valence-corrected chi connectivity index (χ2v) is 5.34. The summed E-state index contributed by atoms with van der Waals surface area (Å²) in [6.45, 7) is 3.94. The number of hydrogen-bond acceptors (Lipinski definition) is 7. The maximum Gasteiger partial charge on any atom is 0.356 e. The van der Waals surface area contributed by atoms with Gasteiger partial charge in [0.2, 0.25) is 5.82 Å². The highest BCUT2D eigenvalue weighted by atomic mass is 32.2. The third-order valence-electron chi connectivity index (χ3n) is 2.42. The van der Waals surface area contributed by atoms with Gasteiger partial charge in [0.05, 0.1) is 12.0 Å². The van der Waals surface area contributed by atoms with Gasteiger partial charge in [0.1, 0.15) is 0 Å². The molecule has 0 bridgehead atoms. The quantitative estimate of drug-likeness (QED) is 0.469. The van der Waals surface area contributed by atoms with Crippen molar-refractivity contribution in [1.29, 1.82) is 0 Å². The van der Waals surface area contributed by atoms with E-state index in [2.05, 4.69) is 15.0 Å². The van der Waals surface area contributed by atoms with E-state index in [9.17, 15) is 14.9 Å². The fourth-order valence-electron chi connectivity index (χ4n) is 1.49. The lowest BCUT2D eigenvalue weighted by atomic mass is 10.3. The number of hydrogen-bond donors (Lipinski definition) is 1. The molecule has 1 heterocycles. The molecule has 8 heteroatoms. The molecule has 1 aromatic rings. The van der Waals surface area contributed by atoms with Crippen molar-refractivity contribution in [2.75, 3.05) is 23.9 Å². The molecule has 0 spiro atoms. The number of methoxy groups -OCH3 is 1. The summed E-state index contributed by atoms with van der Waals surface area (Å²) in [5, 5.41) is 13.9. The highest BCUT2D eigenvalue weighted by Gasteiger charge is 2.20. The zero-order chi connectivity index (χ0) is 15.1. The van der Waals surface area contributed by atoms with Gasteiger partial charge >= 0.3 is 11.7 Å². The topological polar surface area (TPSA) is 94.4 Å². The molecule has 1 N–H and O–H groups in total. The number of esters is 1. The number of ether oxygens (including phenoxy) is 1. The molecule has 110 valence electrons. The van der Waals surface area contributed by atoms with Gasteiger partial charge in [0, 0.05) is 17.9 Å². The van der Waals surface area contributed by atoms with Gasteiger partial charge in [-0.25, -0.2) is 9.78 Å². The number of aromatic nitrogens is 1. The van der Waals surface area contributed by atoms with Crippen molar-refractivity contribution >= 4 is 29.2 Å². The van der Waals surface area contributed by atoms with E-state index >= 15 is 0 Å². The van der Waals surface area contributed by atoms with Crippen LogP contribution >= 0.6 is 11.8 Å². The molecule has 20 heavy (non-hydrogen) atoms. The molecule has 0 aromatic carbocycles. The van der Waals surface area contributed by atoms with E-state index in [1.807, 2.05) is 13.8 Å². The zero-order valence-electron chi connectivity index (χ0n) is 11.6. The van der Waals surface area contributed by atoms with Gasteiger partial charge < -0.3 is 10.1 Å². The Hall–Kier alpha value is -1.83. The zero-order valence-corrected chi connectivity index (χ0v) is 12.4. The highest BCUT2D eigenvalue weighted by Crippen LogP contribution is 2.23. The van der Waals surface area contributed by atoms with Crippen LogP contribution in [-0.2, 0) is 4.74 Å². The molecular weight excluding hydrogens is 282 g/mol. The average Bonchev–Trinajstić information content (AvgIpc) is 2.43. The molecule has 0 aliphatic carbocycles. The number of thioether (sulfide) groups is 1. The summed E-state index contributed by atoms with van der Waals surface area (Å²) >= 11 is 1.71. The second-order valence-electron chi connectivity index (χ2n) is 4.02. The number of pyridine rings is 1. The van der Waals surface area contributed by atoms with Gasteiger partial charge in [0.25, 0.3) is 0 Å². The van der Waals surface area contributed by atoms with Crippen LogP contribution in [0.5, 0.6) is 0 Å². The number of nitro groups is 1. The molecule has 0 radical (unpaired) electrons. The van der Waals surface area contributed by atoms with Crippen molar-refractivity contribution in [2.45, 2.75) is 19.9 Å². The van der Waals surface area contributed by atoms with Crippen LogP contribution in [0.15, 0.2) is 12.1 Å². The summed E-state index contributed by atoms with van der Waals surface area (Å²) in [5.41, 5.74) is -0.123. The van der Waals surface area contributed by atoms with Crippen molar-refractivity contribution in [3.05, 3.63) is 27.9 Å². The highest BCUT2D eigenvalue weighted by molar-refractivity contribution is 7.99. The van der Waals surface area contributed by atoms with E-state index in [0.29, 0.717) is 0 Å². The molecule has 0 saturated carbocycles. The lowest BCUT2D eigenvalue weighted by molar-refractivity contribution is -0.384. The SMILES string of the molecule is CCSCC(C)Nc1nc(C(=O)OC)ccc1[N+](=O)[O-]. The summed E-state index contributed by atoms with van der Waals surface area (Å²) in [6, 6.07) is 2.53. The molecule has 0 aliphatic heterocycles. The van der Waals surface area contributed by atoms with Crippen LogP contribution in [-0.4, -0.2) is 40.5 Å². The first-order valence-corrected chi connectivity index (χ1v) is 7.23. The van der Waals surface area contributed by atoms with Crippen LogP contribution in [0.3, 0.4) is 0 Å². The Labute approximate surface area is 121 Å². The minimum Gasteiger partial charge on any atom is -0.464 e. The average molecular weight is 299 g/mol. The van der Waals surface area contributed by atoms with Crippen LogP contribution in [0.1, 0.15) is 24.3 Å². The lowest BCUT2D eigenvalue weighted by Crippen LogP contribution is -2.20. The van der Waals surface area contributed by atoms with Gasteiger partial charge in [-0.05, 0) is 18.7 Å². The normalized spacial score (nSPS) is 11.8. The van der Waals surface area contributed by atoms with Gasteiger partial charge in [0.15, 0.2) is 5.69 Å². The molecule has 1 unspecified atom stereocenters. The van der Waals surface area contributed by atoms with Crippen molar-refractivity contribution < 1.29 is 14.5 Å². The minimum atomic E-state index is -0.626. The molecule has 0 aliphatic rings. The van der Waals surface area contributed by atoms with Crippen LogP contribution in [0, 0.1) is 10.1 Å². The summed E-state index contributed by atoms with van der Waals surface area (Å²) in [6.07, 6.45) is 0. The Balaban J connectivity index is 2.99. The van der Waals surface area contributed by atoms with Gasteiger partial charge in [-0.1, -0.05) is 6.92 Å². The number of nitrogens with zero attached hydrogens (tertiary/aromatic N) is 2. The molecular formula is C12H17N3O4S. The van der Waals surface area contributed by atoms with Crippen LogP contribution in [0.2, 0.25) is 0 Å². The number of rotatable bonds is 7. The fourth-order valence-corrected chi connectivity index (χ4v) is 2.17. The molecule has 1 rings (SSSR count). The molecule has 1 atom stereocenters. The Kier molecular flexibility index (Phi) is 6.23. The minimum absolute atomic E-state index is 0.000882. The van der Waals surface area contributed by atoms with E-state index < -0.39 is 10.9 Å². The van der Waals surface area contributed by atoms with Gasteiger partial charge in [-0.15, -0.1) is 0 Å². The van der Waals surface area contributed by atoms with E-state index in [4.69, 9.17) is 0 Å². The van der Waals surface area contributed by atoms with Gasteiger partial charge in [-0.2, -0.15) is 11.8 Å². The monoisotopic (exact) mass is 299 g/mol. The molecule has 0 amide bonds. The van der Waals surface area contributed by atoms with E-state index in [1.54, 1.807) is 11.8 Å². The predicted molar refractivity (Wildman–Crippen MR) is 78.3 cm³/mol. The smallest absolute Gasteiger partial charge is 0.356 e. The van der Waals surface area contributed by atoms with Crippen molar-refractivity contribution in [2.24, 2.45) is 0 Å². The summed E-state index contributed by atoms with van der Waals surface area (Å²) in [7, 11) is 1.24. The summed E-state index contributed by atoms with van der Waals surface area (Å²) < 4.78 is 4.56. The number of carbonyl (C=O) groups excluding carboxylic acids is 1. The number of carbonyl (C=O) groups is 1. The Bertz CT molecular complexity index is 496. The molecule has 0 fully saturated rings. The van der Waals surface area contributed by atoms with Crippen LogP contribution in [0.4, 0.5) is 11.5 Å². The van der Waals surface area contributed by atoms with E-state index in [0.717, 1.165) is 11.5 Å². The standard InChI is InChI=1S/C12H17N3O4S/c1-4-20-7-8(2)13-11-10(15(17)18)6-5-9(14-11)12(16)19-3/h5-6,8H,4,7H2,1-3H3,(H,13,14). The number of anilines is 1. The first kappa shape index (κ1) is 16.2. The Morgan fingerprint density at radius 2 is 2.30 bits per heavy atom. The first-order valence-electron chi connectivity index (χ1n) is 6.07. The van der Waals surface area contributed by atoms with Crippen molar-refractivity contribution in [3.63, 3.8) is 0 Å². The third-order valence-corrected chi connectivity index (χ3v) is 3.56. The maximum absolute atomic E-state index is 11.4. The molecule has 0 saturated heterocycles. The lowest BCUT2D eigenvalue weighted by Gasteiger charge is -2.14. The van der Waals surface area contributed by atoms with Crippen molar-refractivity contribution in [1.82, 2.24) is 4.98 Å². The Morgan fingerprint density at radius 3 is 2.85 bits per heavy atom. The summed E-state index contributed by atoms with van der Waals surface area (Å²) in [4.78, 5) is 25.8. The fraction of sp³-hybridized carbons (Fsp3) is 0.500. The number of nitrogens with one attached hydrogen (secondary N) is 1. The summed E-state index contributed by atoms with van der Waals surface area (Å²) in [5.74, 6) is 1.21. The largest absolute Gasteiger partial charge is 0.464 e. The second kappa shape index (κ2) is 7.68. The van der Waals surface area contributed by atoms with Crippen LogP contribution in [0.25, 0.3) is 0 Å². The van der Waals surface area contributed by atoms with Gasteiger partial charge in [-0.3, -0.25) is 10.1 Å². The maximum atomic E-state index is 11.4. The van der Waals surface area contributed by atoms with E-state index in [-0.39, 0.29) is 23.2 Å². The molecule has 1 aromatic heterocycles. The third kappa shape index (κ3) is 4.37. The Morgan fingerprint density at radius 1 is 1.60 bits per heavy atom. The van der Waals surface area contributed by atoms with Crippen molar-refractivity contribution in [3.8, 4) is 0 Å².